The lowest BCUT2D eigenvalue weighted by Crippen LogP contribution is -2.11. The van der Waals surface area contributed by atoms with Gasteiger partial charge in [-0.15, -0.1) is 11.3 Å². The molecule has 2 heterocycles. The molecule has 0 unspecified atom stereocenters. The third-order valence-corrected chi connectivity index (χ3v) is 6.54. The maximum Gasteiger partial charge on any atom is 0.294 e. The highest BCUT2D eigenvalue weighted by molar-refractivity contribution is 8.01. The van der Waals surface area contributed by atoms with Crippen molar-refractivity contribution in [3.63, 3.8) is 0 Å². The summed E-state index contributed by atoms with van der Waals surface area (Å²) in [4.78, 5) is 27.2. The number of halogens is 4. The molecule has 0 aliphatic rings. The number of thiophene rings is 1. The molecule has 1 N–H and O–H groups in total. The van der Waals surface area contributed by atoms with Crippen molar-refractivity contribution in [1.29, 1.82) is 0 Å². The lowest BCUT2D eigenvalue weighted by atomic mass is 10.3. The van der Waals surface area contributed by atoms with Crippen LogP contribution in [0, 0.1) is 21.7 Å². The van der Waals surface area contributed by atoms with Gasteiger partial charge in [-0.05, 0) is 12.1 Å². The molecule has 0 saturated heterocycles. The molecule has 6 nitrogen and oxygen atoms in total. The van der Waals surface area contributed by atoms with E-state index in [-0.39, 0.29) is 30.5 Å². The zero-order valence-corrected chi connectivity index (χ0v) is 16.6. The topological polar surface area (TPSA) is 85.1 Å². The van der Waals surface area contributed by atoms with Crippen LogP contribution in [0.1, 0.15) is 9.67 Å². The Balaban J connectivity index is 1.92. The van der Waals surface area contributed by atoms with Crippen molar-refractivity contribution in [3.8, 4) is 0 Å². The molecule has 12 heteroatoms. The molecule has 0 atom stereocenters. The molecule has 0 fully saturated rings. The molecule has 0 bridgehead atoms. The van der Waals surface area contributed by atoms with Gasteiger partial charge < -0.3 is 5.32 Å². The highest BCUT2D eigenvalue weighted by Gasteiger charge is 2.25. The van der Waals surface area contributed by atoms with E-state index in [0.29, 0.717) is 11.0 Å². The summed E-state index contributed by atoms with van der Waals surface area (Å²) < 4.78 is 26.8. The molecule has 1 aromatic carbocycles. The molecule has 3 rings (SSSR count). The van der Waals surface area contributed by atoms with Gasteiger partial charge in [0.25, 0.3) is 11.6 Å². The van der Waals surface area contributed by atoms with E-state index in [1.165, 1.54) is 12.4 Å². The predicted molar refractivity (Wildman–Crippen MR) is 104 cm³/mol. The Hall–Kier alpha value is -2.27. The summed E-state index contributed by atoms with van der Waals surface area (Å²) >= 11 is 13.8. The highest BCUT2D eigenvalue weighted by Crippen LogP contribution is 2.45. The first kappa shape index (κ1) is 20.5. The molecule has 1 amide bonds. The molecular formula is C16H7Cl2F2N3O3S2. The molecule has 0 radical (unpaired) electrons. The van der Waals surface area contributed by atoms with Crippen LogP contribution in [0.4, 0.5) is 20.2 Å². The van der Waals surface area contributed by atoms with E-state index in [1.807, 2.05) is 0 Å². The normalized spacial score (nSPS) is 10.7. The quantitative estimate of drug-likeness (QED) is 0.369. The molecule has 28 heavy (non-hydrogen) atoms. The SMILES string of the molecule is O=C(Nc1ccc(F)cc1F)c1cc([N+](=O)[O-])c(Sc2c(Cl)cncc2Cl)s1. The Morgan fingerprint density at radius 3 is 2.50 bits per heavy atom. The van der Waals surface area contributed by atoms with E-state index in [4.69, 9.17) is 23.2 Å². The number of nitrogens with zero attached hydrogens (tertiary/aromatic N) is 2. The van der Waals surface area contributed by atoms with E-state index in [0.717, 1.165) is 41.3 Å². The summed E-state index contributed by atoms with van der Waals surface area (Å²) in [5.41, 5.74) is -0.583. The molecule has 0 aliphatic carbocycles. The van der Waals surface area contributed by atoms with Crippen molar-refractivity contribution < 1.29 is 18.5 Å². The molecule has 3 aromatic rings. The Morgan fingerprint density at radius 1 is 1.21 bits per heavy atom. The van der Waals surface area contributed by atoms with Crippen molar-refractivity contribution in [2.24, 2.45) is 0 Å². The number of hydrogen-bond acceptors (Lipinski definition) is 6. The van der Waals surface area contributed by atoms with Gasteiger partial charge >= 0.3 is 0 Å². The first-order chi connectivity index (χ1) is 13.3. The summed E-state index contributed by atoms with van der Waals surface area (Å²) in [7, 11) is 0. The fraction of sp³-hybridized carbons (Fsp3) is 0. The first-order valence-electron chi connectivity index (χ1n) is 7.27. The minimum absolute atomic E-state index is 0.0424. The van der Waals surface area contributed by atoms with E-state index >= 15 is 0 Å². The Bertz CT molecular complexity index is 1070. The monoisotopic (exact) mass is 461 g/mol. The van der Waals surface area contributed by atoms with Crippen LogP contribution in [0.25, 0.3) is 0 Å². The number of rotatable bonds is 5. The highest BCUT2D eigenvalue weighted by atomic mass is 35.5. The van der Waals surface area contributed by atoms with E-state index in [2.05, 4.69) is 10.3 Å². The number of aromatic nitrogens is 1. The average Bonchev–Trinajstić information content (AvgIpc) is 3.05. The van der Waals surface area contributed by atoms with Crippen LogP contribution in [0.5, 0.6) is 0 Å². The van der Waals surface area contributed by atoms with Crippen molar-refractivity contribution in [1.82, 2.24) is 4.98 Å². The van der Waals surface area contributed by atoms with Gasteiger partial charge in [0.15, 0.2) is 0 Å². The fourth-order valence-electron chi connectivity index (χ4n) is 2.04. The van der Waals surface area contributed by atoms with Gasteiger partial charge in [0, 0.05) is 24.5 Å². The van der Waals surface area contributed by atoms with Crippen LogP contribution < -0.4 is 5.32 Å². The van der Waals surface area contributed by atoms with Gasteiger partial charge in [-0.2, -0.15) is 0 Å². The number of nitro groups is 1. The lowest BCUT2D eigenvalue weighted by Gasteiger charge is -2.05. The second kappa shape index (κ2) is 8.39. The van der Waals surface area contributed by atoms with Gasteiger partial charge in [-0.1, -0.05) is 35.0 Å². The third-order valence-electron chi connectivity index (χ3n) is 3.28. The number of anilines is 1. The number of pyridine rings is 1. The molecule has 2 aromatic heterocycles. The molecule has 144 valence electrons. The van der Waals surface area contributed by atoms with Crippen LogP contribution in [0.3, 0.4) is 0 Å². The van der Waals surface area contributed by atoms with E-state index < -0.39 is 22.5 Å². The zero-order valence-electron chi connectivity index (χ0n) is 13.4. The maximum absolute atomic E-state index is 13.7. The van der Waals surface area contributed by atoms with E-state index in [9.17, 15) is 23.7 Å². The summed E-state index contributed by atoms with van der Waals surface area (Å²) in [6.07, 6.45) is 2.67. The van der Waals surface area contributed by atoms with E-state index in [1.54, 1.807) is 0 Å². The lowest BCUT2D eigenvalue weighted by molar-refractivity contribution is -0.387. The Morgan fingerprint density at radius 2 is 1.89 bits per heavy atom. The summed E-state index contributed by atoms with van der Waals surface area (Å²) in [5.74, 6) is -2.55. The van der Waals surface area contributed by atoms with Gasteiger partial charge in [0.1, 0.15) is 20.7 Å². The number of benzene rings is 1. The van der Waals surface area contributed by atoms with Crippen molar-refractivity contribution in [3.05, 3.63) is 73.3 Å². The van der Waals surface area contributed by atoms with Crippen LogP contribution >= 0.6 is 46.3 Å². The second-order valence-corrected chi connectivity index (χ2v) is 8.30. The summed E-state index contributed by atoms with van der Waals surface area (Å²) in [6, 6.07) is 3.70. The second-order valence-electron chi connectivity index (χ2n) is 5.15. The fourth-order valence-corrected chi connectivity index (χ4v) is 4.80. The van der Waals surface area contributed by atoms with Gasteiger partial charge in [-0.25, -0.2) is 8.78 Å². The van der Waals surface area contributed by atoms with Crippen molar-refractivity contribution >= 4 is 63.6 Å². The standard InChI is InChI=1S/C16H7Cl2F2N3O3S2/c17-8-5-21-6-9(18)14(8)28-16-12(23(25)26)4-13(27-16)15(24)22-11-2-1-7(19)3-10(11)20/h1-6H,(H,22,24). The number of nitrogens with one attached hydrogen (secondary N) is 1. The zero-order chi connectivity index (χ0) is 20.4. The summed E-state index contributed by atoms with van der Waals surface area (Å²) in [5, 5.41) is 14.0. The molecule has 0 aliphatic heterocycles. The number of carbonyl (C=O) groups excluding carboxylic acids is 1. The Kier molecular flexibility index (Phi) is 6.14. The van der Waals surface area contributed by atoms with Crippen LogP contribution in [-0.2, 0) is 0 Å². The minimum Gasteiger partial charge on any atom is -0.319 e. The largest absolute Gasteiger partial charge is 0.319 e. The predicted octanol–water partition coefficient (Wildman–Crippen LogP) is 6.04. The van der Waals surface area contributed by atoms with Crippen LogP contribution in [-0.4, -0.2) is 15.8 Å². The van der Waals surface area contributed by atoms with Crippen molar-refractivity contribution in [2.75, 3.05) is 5.32 Å². The van der Waals surface area contributed by atoms with Gasteiger partial charge in [-0.3, -0.25) is 19.9 Å². The molecule has 0 spiro atoms. The van der Waals surface area contributed by atoms with Gasteiger partial charge in [0.05, 0.1) is 25.6 Å². The number of amides is 1. The van der Waals surface area contributed by atoms with Crippen LogP contribution in [0.15, 0.2) is 45.8 Å². The smallest absolute Gasteiger partial charge is 0.294 e. The van der Waals surface area contributed by atoms with Gasteiger partial charge in [0.2, 0.25) is 0 Å². The maximum atomic E-state index is 13.7. The third kappa shape index (κ3) is 4.41. The van der Waals surface area contributed by atoms with Crippen LogP contribution in [0.2, 0.25) is 10.0 Å². The number of hydrogen-bond donors (Lipinski definition) is 1. The van der Waals surface area contributed by atoms with Crippen molar-refractivity contribution in [2.45, 2.75) is 9.10 Å². The molecule has 0 saturated carbocycles. The minimum atomic E-state index is -0.968. The number of carbonyl (C=O) groups is 1. The Labute approximate surface area is 174 Å². The molecular weight excluding hydrogens is 455 g/mol. The summed E-state index contributed by atoms with van der Waals surface area (Å²) in [6.45, 7) is 0. The average molecular weight is 462 g/mol. The first-order valence-corrected chi connectivity index (χ1v) is 9.66.